The second kappa shape index (κ2) is 8.48. The number of thiophene rings is 1. The third-order valence-corrected chi connectivity index (χ3v) is 4.84. The van der Waals surface area contributed by atoms with E-state index in [0.29, 0.717) is 6.54 Å². The fourth-order valence-electron chi connectivity index (χ4n) is 2.50. The van der Waals surface area contributed by atoms with Gasteiger partial charge in [-0.15, -0.1) is 11.3 Å². The second-order valence-electron chi connectivity index (χ2n) is 5.34. The highest BCUT2D eigenvalue weighted by Gasteiger charge is 2.25. The monoisotopic (exact) mass is 311 g/mol. The maximum absolute atomic E-state index is 12.2. The zero-order valence-electron chi connectivity index (χ0n) is 12.9. The minimum atomic E-state index is -0.0606. The summed E-state index contributed by atoms with van der Waals surface area (Å²) in [6, 6.07) is 3.99. The Hall–Kier alpha value is -0.950. The molecule has 0 aliphatic carbocycles. The van der Waals surface area contributed by atoms with E-state index < -0.39 is 0 Å². The molecule has 1 aromatic rings. The molecule has 1 N–H and O–H groups in total. The number of carbonyl (C=O) groups excluding carboxylic acids is 1. The number of nitrogens with zero attached hydrogens (tertiary/aromatic N) is 2. The summed E-state index contributed by atoms with van der Waals surface area (Å²) < 4.78 is 5.11. The van der Waals surface area contributed by atoms with Crippen molar-refractivity contribution in [2.75, 3.05) is 46.4 Å². The lowest BCUT2D eigenvalue weighted by Gasteiger charge is -2.37. The molecule has 0 saturated carbocycles. The van der Waals surface area contributed by atoms with Gasteiger partial charge in [0.05, 0.1) is 19.2 Å². The SMILES string of the molecule is COCCN1CCN([C@H](C)C(=O)NCc2cccs2)CC1. The minimum absolute atomic E-state index is 0.0606. The van der Waals surface area contributed by atoms with Crippen molar-refractivity contribution in [1.82, 2.24) is 15.1 Å². The number of hydrogen-bond acceptors (Lipinski definition) is 5. The molecule has 2 rings (SSSR count). The summed E-state index contributed by atoms with van der Waals surface area (Å²) in [7, 11) is 1.73. The van der Waals surface area contributed by atoms with Crippen LogP contribution in [0, 0.1) is 0 Å². The Labute approximate surface area is 130 Å². The molecule has 0 radical (unpaired) electrons. The third kappa shape index (κ3) is 5.07. The van der Waals surface area contributed by atoms with Crippen LogP contribution in [-0.4, -0.2) is 68.2 Å². The first-order chi connectivity index (χ1) is 10.2. The van der Waals surface area contributed by atoms with Crippen molar-refractivity contribution >= 4 is 17.2 Å². The summed E-state index contributed by atoms with van der Waals surface area (Å²) in [5.41, 5.74) is 0. The summed E-state index contributed by atoms with van der Waals surface area (Å²) in [6.07, 6.45) is 0. The van der Waals surface area contributed by atoms with E-state index in [1.807, 2.05) is 24.4 Å². The zero-order valence-corrected chi connectivity index (χ0v) is 13.7. The molecule has 2 heterocycles. The predicted octanol–water partition coefficient (Wildman–Crippen LogP) is 1.02. The van der Waals surface area contributed by atoms with Gasteiger partial charge < -0.3 is 10.1 Å². The molecule has 0 bridgehead atoms. The lowest BCUT2D eigenvalue weighted by atomic mass is 10.2. The number of ether oxygens (including phenoxy) is 1. The highest BCUT2D eigenvalue weighted by atomic mass is 32.1. The molecule has 1 aliphatic heterocycles. The molecule has 6 heteroatoms. The number of hydrogen-bond donors (Lipinski definition) is 1. The molecule has 1 aromatic heterocycles. The minimum Gasteiger partial charge on any atom is -0.383 e. The van der Waals surface area contributed by atoms with Crippen molar-refractivity contribution in [3.05, 3.63) is 22.4 Å². The zero-order chi connectivity index (χ0) is 15.1. The average molecular weight is 311 g/mol. The van der Waals surface area contributed by atoms with Crippen LogP contribution in [-0.2, 0) is 16.1 Å². The number of methoxy groups -OCH3 is 1. The van der Waals surface area contributed by atoms with Crippen LogP contribution >= 0.6 is 11.3 Å². The molecule has 21 heavy (non-hydrogen) atoms. The molecule has 1 saturated heterocycles. The van der Waals surface area contributed by atoms with Crippen molar-refractivity contribution in [2.45, 2.75) is 19.5 Å². The van der Waals surface area contributed by atoms with E-state index in [1.54, 1.807) is 18.4 Å². The van der Waals surface area contributed by atoms with E-state index in [1.165, 1.54) is 4.88 Å². The van der Waals surface area contributed by atoms with Crippen molar-refractivity contribution in [3.63, 3.8) is 0 Å². The Morgan fingerprint density at radius 2 is 2.19 bits per heavy atom. The number of nitrogens with one attached hydrogen (secondary N) is 1. The van der Waals surface area contributed by atoms with Crippen LogP contribution in [0.5, 0.6) is 0 Å². The lowest BCUT2D eigenvalue weighted by Crippen LogP contribution is -2.54. The van der Waals surface area contributed by atoms with Crippen LogP contribution in [0.3, 0.4) is 0 Å². The van der Waals surface area contributed by atoms with Gasteiger partial charge in [-0.1, -0.05) is 6.07 Å². The number of rotatable bonds is 7. The topological polar surface area (TPSA) is 44.8 Å². The predicted molar refractivity (Wildman–Crippen MR) is 85.5 cm³/mol. The van der Waals surface area contributed by atoms with E-state index in [2.05, 4.69) is 15.1 Å². The van der Waals surface area contributed by atoms with Gasteiger partial charge in [-0.25, -0.2) is 0 Å². The maximum Gasteiger partial charge on any atom is 0.237 e. The summed E-state index contributed by atoms with van der Waals surface area (Å²) in [6.45, 7) is 8.27. The Kier molecular flexibility index (Phi) is 6.63. The summed E-state index contributed by atoms with van der Waals surface area (Å²) in [5.74, 6) is 0.119. The van der Waals surface area contributed by atoms with Gasteiger partial charge in [0.25, 0.3) is 0 Å². The molecule has 0 aromatic carbocycles. The smallest absolute Gasteiger partial charge is 0.237 e. The molecule has 1 aliphatic rings. The van der Waals surface area contributed by atoms with Gasteiger partial charge in [0.15, 0.2) is 0 Å². The molecule has 118 valence electrons. The van der Waals surface area contributed by atoms with Crippen LogP contribution < -0.4 is 5.32 Å². The van der Waals surface area contributed by atoms with E-state index in [4.69, 9.17) is 4.74 Å². The Morgan fingerprint density at radius 3 is 2.81 bits per heavy atom. The molecular formula is C15H25N3O2S. The van der Waals surface area contributed by atoms with Crippen LogP contribution in [0.4, 0.5) is 0 Å². The van der Waals surface area contributed by atoms with Crippen LogP contribution in [0.25, 0.3) is 0 Å². The molecule has 0 unspecified atom stereocenters. The van der Waals surface area contributed by atoms with Gasteiger partial charge >= 0.3 is 0 Å². The third-order valence-electron chi connectivity index (χ3n) is 3.96. The van der Waals surface area contributed by atoms with E-state index in [9.17, 15) is 4.79 Å². The highest BCUT2D eigenvalue weighted by molar-refractivity contribution is 7.09. The fourth-order valence-corrected chi connectivity index (χ4v) is 3.14. The normalized spacial score (nSPS) is 18.6. The molecule has 5 nitrogen and oxygen atoms in total. The number of piperazine rings is 1. The van der Waals surface area contributed by atoms with Crippen LogP contribution in [0.1, 0.15) is 11.8 Å². The van der Waals surface area contributed by atoms with Crippen molar-refractivity contribution < 1.29 is 9.53 Å². The molecule has 1 atom stereocenters. The number of carbonyl (C=O) groups is 1. The summed E-state index contributed by atoms with van der Waals surface area (Å²) in [4.78, 5) is 18.0. The largest absolute Gasteiger partial charge is 0.383 e. The van der Waals surface area contributed by atoms with Crippen LogP contribution in [0.15, 0.2) is 17.5 Å². The van der Waals surface area contributed by atoms with Gasteiger partial charge in [0.2, 0.25) is 5.91 Å². The lowest BCUT2D eigenvalue weighted by molar-refractivity contribution is -0.126. The first kappa shape index (κ1) is 16.4. The average Bonchev–Trinajstić information content (AvgIpc) is 3.04. The van der Waals surface area contributed by atoms with Gasteiger partial charge in [0, 0.05) is 44.7 Å². The highest BCUT2D eigenvalue weighted by Crippen LogP contribution is 2.09. The standard InChI is InChI=1S/C15H25N3O2S/c1-13(15(19)16-12-14-4-3-11-21-14)18-7-5-17(6-8-18)9-10-20-2/h3-4,11,13H,5-10,12H2,1-2H3,(H,16,19)/t13-/m1/s1. The molecule has 0 spiro atoms. The van der Waals surface area contributed by atoms with Gasteiger partial charge in [-0.05, 0) is 18.4 Å². The first-order valence-corrected chi connectivity index (χ1v) is 8.34. The second-order valence-corrected chi connectivity index (χ2v) is 6.38. The first-order valence-electron chi connectivity index (χ1n) is 7.46. The maximum atomic E-state index is 12.2. The van der Waals surface area contributed by atoms with Crippen molar-refractivity contribution in [2.24, 2.45) is 0 Å². The van der Waals surface area contributed by atoms with Gasteiger partial charge in [-0.3, -0.25) is 14.6 Å². The Bertz CT molecular complexity index is 417. The van der Waals surface area contributed by atoms with Gasteiger partial charge in [-0.2, -0.15) is 0 Å². The fraction of sp³-hybridized carbons (Fsp3) is 0.667. The molecule has 1 fully saturated rings. The van der Waals surface area contributed by atoms with Crippen molar-refractivity contribution in [1.29, 1.82) is 0 Å². The molecular weight excluding hydrogens is 286 g/mol. The summed E-state index contributed by atoms with van der Waals surface area (Å²) in [5, 5.41) is 5.06. The van der Waals surface area contributed by atoms with Crippen molar-refractivity contribution in [3.8, 4) is 0 Å². The van der Waals surface area contributed by atoms with Gasteiger partial charge in [0.1, 0.15) is 0 Å². The molecule has 1 amide bonds. The van der Waals surface area contributed by atoms with Crippen LogP contribution in [0.2, 0.25) is 0 Å². The number of amides is 1. The van der Waals surface area contributed by atoms with E-state index >= 15 is 0 Å². The Morgan fingerprint density at radius 1 is 1.43 bits per heavy atom. The summed E-state index contributed by atoms with van der Waals surface area (Å²) >= 11 is 1.67. The Balaban J connectivity index is 1.70. The van der Waals surface area contributed by atoms with E-state index in [-0.39, 0.29) is 11.9 Å². The quantitative estimate of drug-likeness (QED) is 0.816. The van der Waals surface area contributed by atoms with E-state index in [0.717, 1.165) is 39.3 Å².